The maximum absolute atomic E-state index is 13.0. The number of carbonyl (C=O) groups excluding carboxylic acids is 2. The molecule has 33 heavy (non-hydrogen) atoms. The van der Waals surface area contributed by atoms with Crippen molar-refractivity contribution < 1.29 is 18.0 Å². The minimum Gasteiger partial charge on any atom is -0.361 e. The van der Waals surface area contributed by atoms with Crippen molar-refractivity contribution in [1.82, 2.24) is 14.6 Å². The monoisotopic (exact) mass is 470 g/mol. The van der Waals surface area contributed by atoms with Gasteiger partial charge in [0, 0.05) is 35.8 Å². The number of aromatic amines is 1. The lowest BCUT2D eigenvalue weighted by Crippen LogP contribution is -2.47. The van der Waals surface area contributed by atoms with Crippen LogP contribution in [0.3, 0.4) is 0 Å². The van der Waals surface area contributed by atoms with E-state index >= 15 is 0 Å². The second kappa shape index (κ2) is 10.2. The van der Waals surface area contributed by atoms with Crippen molar-refractivity contribution >= 4 is 38.4 Å². The fraction of sp³-hybridized carbons (Fsp3) is 0.333. The van der Waals surface area contributed by atoms with Gasteiger partial charge in [-0.1, -0.05) is 39.8 Å². The Hall–Kier alpha value is -3.17. The number of aromatic nitrogens is 1. The number of anilines is 1. The van der Waals surface area contributed by atoms with Crippen molar-refractivity contribution in [1.29, 1.82) is 0 Å². The molecule has 0 aliphatic rings. The Kier molecular flexibility index (Phi) is 7.55. The van der Waals surface area contributed by atoms with Crippen LogP contribution in [0, 0.1) is 5.92 Å². The fourth-order valence-corrected chi connectivity index (χ4v) is 5.18. The standard InChI is InChI=1S/C24H30N4O4S/c1-5-28(6-2)33(31,32)18-10-7-9-17(15-18)23(29)27-22(16(3)4)24(30)26-21-12-8-11-20-19(21)13-14-25-20/h7-16,22,25H,5-6H2,1-4H3,(H,26,30)(H,27,29). The summed E-state index contributed by atoms with van der Waals surface area (Å²) in [6, 6.07) is 12.5. The van der Waals surface area contributed by atoms with Crippen LogP contribution in [0.25, 0.3) is 10.9 Å². The van der Waals surface area contributed by atoms with Gasteiger partial charge in [0.05, 0.1) is 10.6 Å². The number of hydrogen-bond donors (Lipinski definition) is 3. The molecule has 176 valence electrons. The first-order valence-corrected chi connectivity index (χ1v) is 12.4. The van der Waals surface area contributed by atoms with Crippen molar-refractivity contribution in [2.24, 2.45) is 5.92 Å². The highest BCUT2D eigenvalue weighted by Crippen LogP contribution is 2.23. The molecule has 9 heteroatoms. The summed E-state index contributed by atoms with van der Waals surface area (Å²) in [5.41, 5.74) is 1.71. The average Bonchev–Trinajstić information content (AvgIpc) is 3.27. The van der Waals surface area contributed by atoms with Gasteiger partial charge < -0.3 is 15.6 Å². The maximum Gasteiger partial charge on any atom is 0.251 e. The van der Waals surface area contributed by atoms with Gasteiger partial charge in [0.15, 0.2) is 0 Å². The van der Waals surface area contributed by atoms with Crippen LogP contribution >= 0.6 is 0 Å². The first-order valence-electron chi connectivity index (χ1n) is 11.0. The van der Waals surface area contributed by atoms with Gasteiger partial charge in [-0.05, 0) is 42.3 Å². The molecule has 0 fully saturated rings. The van der Waals surface area contributed by atoms with E-state index in [1.54, 1.807) is 26.1 Å². The van der Waals surface area contributed by atoms with Crippen LogP contribution in [0.2, 0.25) is 0 Å². The molecule has 0 aliphatic carbocycles. The Morgan fingerprint density at radius 3 is 2.39 bits per heavy atom. The molecule has 1 unspecified atom stereocenters. The van der Waals surface area contributed by atoms with E-state index in [1.165, 1.54) is 28.6 Å². The van der Waals surface area contributed by atoms with Crippen LogP contribution < -0.4 is 10.6 Å². The maximum atomic E-state index is 13.0. The number of nitrogens with one attached hydrogen (secondary N) is 3. The zero-order chi connectivity index (χ0) is 24.2. The van der Waals surface area contributed by atoms with Crippen molar-refractivity contribution in [2.75, 3.05) is 18.4 Å². The first-order chi connectivity index (χ1) is 15.7. The molecule has 0 radical (unpaired) electrons. The van der Waals surface area contributed by atoms with Gasteiger partial charge in [-0.3, -0.25) is 9.59 Å². The lowest BCUT2D eigenvalue weighted by Gasteiger charge is -2.22. The SMILES string of the molecule is CCN(CC)S(=O)(=O)c1cccc(C(=O)NC(C(=O)Nc2cccc3[nH]ccc23)C(C)C)c1. The molecule has 3 aromatic rings. The predicted molar refractivity (Wildman–Crippen MR) is 130 cm³/mol. The Bertz CT molecular complexity index is 1250. The molecule has 1 atom stereocenters. The predicted octanol–water partition coefficient (Wildman–Crippen LogP) is 3.59. The number of rotatable bonds is 9. The molecule has 1 heterocycles. The number of fused-ring (bicyclic) bond motifs is 1. The highest BCUT2D eigenvalue weighted by molar-refractivity contribution is 7.89. The number of amides is 2. The van der Waals surface area contributed by atoms with E-state index in [4.69, 9.17) is 0 Å². The van der Waals surface area contributed by atoms with Gasteiger partial charge in [0.1, 0.15) is 6.04 Å². The molecule has 0 saturated carbocycles. The molecule has 0 saturated heterocycles. The summed E-state index contributed by atoms with van der Waals surface area (Å²) in [7, 11) is -3.70. The third-order valence-corrected chi connectivity index (χ3v) is 7.57. The van der Waals surface area contributed by atoms with Crippen LogP contribution in [0.1, 0.15) is 38.1 Å². The van der Waals surface area contributed by atoms with Crippen molar-refractivity contribution in [3.05, 3.63) is 60.3 Å². The molecule has 1 aromatic heterocycles. The highest BCUT2D eigenvalue weighted by Gasteiger charge is 2.27. The molecule has 3 N–H and O–H groups in total. The number of sulfonamides is 1. The number of H-pyrrole nitrogens is 1. The van der Waals surface area contributed by atoms with Gasteiger partial charge in [-0.25, -0.2) is 8.42 Å². The van der Waals surface area contributed by atoms with E-state index in [1.807, 2.05) is 32.0 Å². The molecule has 0 spiro atoms. The molecular formula is C24H30N4O4S. The summed E-state index contributed by atoms with van der Waals surface area (Å²) in [4.78, 5) is 29.2. The Labute approximate surface area is 194 Å². The second-order valence-electron chi connectivity index (χ2n) is 8.05. The summed E-state index contributed by atoms with van der Waals surface area (Å²) in [5, 5.41) is 6.53. The van der Waals surface area contributed by atoms with E-state index in [0.717, 1.165) is 10.9 Å². The highest BCUT2D eigenvalue weighted by atomic mass is 32.2. The average molecular weight is 471 g/mol. The van der Waals surface area contributed by atoms with Crippen LogP contribution in [0.5, 0.6) is 0 Å². The van der Waals surface area contributed by atoms with E-state index in [9.17, 15) is 18.0 Å². The van der Waals surface area contributed by atoms with Gasteiger partial charge >= 0.3 is 0 Å². The molecule has 0 bridgehead atoms. The Morgan fingerprint density at radius 1 is 1.03 bits per heavy atom. The largest absolute Gasteiger partial charge is 0.361 e. The minimum atomic E-state index is -3.70. The van der Waals surface area contributed by atoms with Gasteiger partial charge in [-0.2, -0.15) is 4.31 Å². The zero-order valence-corrected chi connectivity index (χ0v) is 20.1. The summed E-state index contributed by atoms with van der Waals surface area (Å²) in [5.74, 6) is -1.05. The van der Waals surface area contributed by atoms with Crippen LogP contribution in [-0.2, 0) is 14.8 Å². The Morgan fingerprint density at radius 2 is 1.73 bits per heavy atom. The topological polar surface area (TPSA) is 111 Å². The molecule has 0 aliphatic heterocycles. The van der Waals surface area contributed by atoms with Crippen LogP contribution in [0.15, 0.2) is 59.6 Å². The number of benzene rings is 2. The lowest BCUT2D eigenvalue weighted by molar-refractivity contribution is -0.118. The van der Waals surface area contributed by atoms with Crippen molar-refractivity contribution in [3.63, 3.8) is 0 Å². The van der Waals surface area contributed by atoms with Crippen molar-refractivity contribution in [2.45, 2.75) is 38.6 Å². The summed E-state index contributed by atoms with van der Waals surface area (Å²) in [6.07, 6.45) is 1.79. The quantitative estimate of drug-likeness (QED) is 0.444. The molecule has 2 amide bonds. The molecule has 8 nitrogen and oxygen atoms in total. The third-order valence-electron chi connectivity index (χ3n) is 5.53. The molecular weight excluding hydrogens is 440 g/mol. The zero-order valence-electron chi connectivity index (χ0n) is 19.3. The van der Waals surface area contributed by atoms with E-state index < -0.39 is 22.0 Å². The normalized spacial score (nSPS) is 12.8. The lowest BCUT2D eigenvalue weighted by atomic mass is 10.0. The fourth-order valence-electron chi connectivity index (χ4n) is 3.67. The van der Waals surface area contributed by atoms with Crippen LogP contribution in [-0.4, -0.2) is 48.7 Å². The minimum absolute atomic E-state index is 0.0449. The third kappa shape index (κ3) is 5.26. The number of nitrogens with zero attached hydrogens (tertiary/aromatic N) is 1. The van der Waals surface area contributed by atoms with E-state index in [0.29, 0.717) is 18.8 Å². The van der Waals surface area contributed by atoms with Crippen molar-refractivity contribution in [3.8, 4) is 0 Å². The smallest absolute Gasteiger partial charge is 0.251 e. The summed E-state index contributed by atoms with van der Waals surface area (Å²) in [6.45, 7) is 7.86. The van der Waals surface area contributed by atoms with Gasteiger partial charge in [-0.15, -0.1) is 0 Å². The van der Waals surface area contributed by atoms with Gasteiger partial charge in [0.2, 0.25) is 15.9 Å². The van der Waals surface area contributed by atoms with Crippen LogP contribution in [0.4, 0.5) is 5.69 Å². The molecule has 2 aromatic carbocycles. The summed E-state index contributed by atoms with van der Waals surface area (Å²) < 4.78 is 27.0. The number of carbonyl (C=O) groups is 2. The van der Waals surface area contributed by atoms with Gasteiger partial charge in [0.25, 0.3) is 5.91 Å². The van der Waals surface area contributed by atoms with E-state index in [2.05, 4.69) is 15.6 Å². The second-order valence-corrected chi connectivity index (χ2v) is 9.98. The first kappa shape index (κ1) is 24.5. The summed E-state index contributed by atoms with van der Waals surface area (Å²) >= 11 is 0. The Balaban J connectivity index is 1.81. The molecule has 3 rings (SSSR count). The number of hydrogen-bond acceptors (Lipinski definition) is 4. The van der Waals surface area contributed by atoms with E-state index in [-0.39, 0.29) is 22.3 Å².